The molecule has 0 aromatic rings. The first-order valence-electron chi connectivity index (χ1n) is 19.0. The Morgan fingerprint density at radius 2 is 1.02 bits per heavy atom. The molecule has 9 nitrogen and oxygen atoms in total. The van der Waals surface area contributed by atoms with Gasteiger partial charge in [-0.2, -0.15) is 0 Å². The summed E-state index contributed by atoms with van der Waals surface area (Å²) in [5, 5.41) is 0. The number of rotatable bonds is 31. The molecular weight excluding hydrogens is 701 g/mol. The number of carbonyl (C=O) groups is 2. The van der Waals surface area contributed by atoms with E-state index in [2.05, 4.69) is 32.1 Å². The Labute approximate surface area is 326 Å². The number of ether oxygens (including phenoxy) is 2. The Kier molecular flexibility index (Phi) is 32.4. The smallest absolute Gasteiger partial charge is 0.306 e. The van der Waals surface area contributed by atoms with Crippen LogP contribution in [0.1, 0.15) is 78.1 Å². The first-order chi connectivity index (χ1) is 26.0. The van der Waals surface area contributed by atoms with Crippen LogP contribution in [0.3, 0.4) is 0 Å². The normalized spacial score (nSPS) is 15.1. The highest BCUT2D eigenvalue weighted by Crippen LogP contribution is 2.38. The lowest BCUT2D eigenvalue weighted by atomic mass is 10.1. The molecule has 0 fully saturated rings. The van der Waals surface area contributed by atoms with Crippen molar-refractivity contribution < 1.29 is 42.1 Å². The average Bonchev–Trinajstić information content (AvgIpc) is 3.12. The molecule has 0 aromatic heterocycles. The number of carbonyl (C=O) groups excluding carboxylic acids is 2. The largest absolute Gasteiger partial charge is 0.756 e. The summed E-state index contributed by atoms with van der Waals surface area (Å²) >= 11 is 0. The molecule has 0 aliphatic carbocycles. The summed E-state index contributed by atoms with van der Waals surface area (Å²) in [7, 11) is 1.06. The van der Waals surface area contributed by atoms with E-state index < -0.39 is 32.5 Å². The van der Waals surface area contributed by atoms with Crippen molar-refractivity contribution in [3.05, 3.63) is 134 Å². The van der Waals surface area contributed by atoms with Crippen LogP contribution >= 0.6 is 7.82 Å². The SMILES string of the molecule is CC/C=C/C=C/C=C/C=C/C=C/C=C/CCCCCC(=O)OCC(COP(=O)([O-])OCC[N+](C)(C)C)OC(=O)CCC/C=C/C=C/C=C/C=C/C=C/CC. The Balaban J connectivity index is 4.69. The van der Waals surface area contributed by atoms with E-state index in [1.165, 1.54) is 0 Å². The van der Waals surface area contributed by atoms with Crippen molar-refractivity contribution in [1.82, 2.24) is 0 Å². The van der Waals surface area contributed by atoms with E-state index >= 15 is 0 Å². The van der Waals surface area contributed by atoms with Crippen LogP contribution in [0.5, 0.6) is 0 Å². The van der Waals surface area contributed by atoms with Crippen LogP contribution in [-0.2, 0) is 32.7 Å². The van der Waals surface area contributed by atoms with Gasteiger partial charge in [-0.3, -0.25) is 14.2 Å². The van der Waals surface area contributed by atoms with Gasteiger partial charge in [0.25, 0.3) is 7.82 Å². The van der Waals surface area contributed by atoms with Gasteiger partial charge in [0.2, 0.25) is 0 Å². The standard InChI is InChI=1S/C44H66NO8P/c1-6-8-10-12-14-16-18-20-21-22-23-25-26-28-30-32-34-36-43(46)50-40-42(41-52-54(48,49)51-39-38-45(3,4)5)53-44(47)37-35-33-31-29-27-24-19-17-15-13-11-9-7-2/h8-27,29,31,42H,6-7,28,30,32-41H2,1-5H3/b10-8+,11-9+,14-12+,15-13+,18-16+,19-17+,21-20+,23-22+,26-25+,27-24+,31-29+. The van der Waals surface area contributed by atoms with Crippen LogP contribution < -0.4 is 4.89 Å². The van der Waals surface area contributed by atoms with E-state index in [0.717, 1.165) is 32.1 Å². The zero-order chi connectivity index (χ0) is 40.0. The van der Waals surface area contributed by atoms with E-state index in [9.17, 15) is 19.0 Å². The summed E-state index contributed by atoms with van der Waals surface area (Å²) in [6.07, 6.45) is 49.3. The first-order valence-corrected chi connectivity index (χ1v) is 20.5. The van der Waals surface area contributed by atoms with Gasteiger partial charge in [-0.1, -0.05) is 154 Å². The number of allylic oxidation sites excluding steroid dienone is 22. The maximum Gasteiger partial charge on any atom is 0.306 e. The van der Waals surface area contributed by atoms with Gasteiger partial charge in [-0.25, -0.2) is 0 Å². The van der Waals surface area contributed by atoms with Gasteiger partial charge in [0.1, 0.15) is 19.8 Å². The molecule has 0 saturated carbocycles. The maximum atomic E-state index is 12.6. The van der Waals surface area contributed by atoms with Crippen molar-refractivity contribution in [3.63, 3.8) is 0 Å². The van der Waals surface area contributed by atoms with Crippen molar-refractivity contribution in [2.45, 2.75) is 84.2 Å². The number of hydrogen-bond acceptors (Lipinski definition) is 8. The average molecular weight is 768 g/mol. The lowest BCUT2D eigenvalue weighted by molar-refractivity contribution is -0.870. The third kappa shape index (κ3) is 37.9. The van der Waals surface area contributed by atoms with E-state index in [-0.39, 0.29) is 26.1 Å². The minimum atomic E-state index is -4.66. The molecule has 0 radical (unpaired) electrons. The predicted octanol–water partition coefficient (Wildman–Crippen LogP) is 9.71. The van der Waals surface area contributed by atoms with Gasteiger partial charge >= 0.3 is 11.9 Å². The molecule has 0 spiro atoms. The van der Waals surface area contributed by atoms with Crippen LogP contribution in [0, 0.1) is 0 Å². The summed E-state index contributed by atoms with van der Waals surface area (Å²) in [5.74, 6) is -0.994. The molecule has 2 atom stereocenters. The third-order valence-corrected chi connectivity index (χ3v) is 7.92. The molecule has 300 valence electrons. The highest BCUT2D eigenvalue weighted by molar-refractivity contribution is 7.45. The number of phosphoric ester groups is 1. The number of nitrogens with zero attached hydrogens (tertiary/aromatic N) is 1. The van der Waals surface area contributed by atoms with Crippen LogP contribution in [0.2, 0.25) is 0 Å². The van der Waals surface area contributed by atoms with Gasteiger partial charge in [0.05, 0.1) is 27.7 Å². The zero-order valence-corrected chi connectivity index (χ0v) is 34.2. The predicted molar refractivity (Wildman–Crippen MR) is 221 cm³/mol. The fraction of sp³-hybridized carbons (Fsp3) is 0.455. The number of esters is 2. The summed E-state index contributed by atoms with van der Waals surface area (Å²) in [5.41, 5.74) is 0. The van der Waals surface area contributed by atoms with Crippen molar-refractivity contribution in [2.75, 3.05) is 47.5 Å². The lowest BCUT2D eigenvalue weighted by Gasteiger charge is -2.28. The highest BCUT2D eigenvalue weighted by atomic mass is 31.2. The van der Waals surface area contributed by atoms with Gasteiger partial charge in [-0.05, 0) is 44.9 Å². The Morgan fingerprint density at radius 3 is 1.50 bits per heavy atom. The molecule has 0 aromatic carbocycles. The zero-order valence-electron chi connectivity index (χ0n) is 33.3. The van der Waals surface area contributed by atoms with Crippen molar-refractivity contribution in [3.8, 4) is 0 Å². The molecule has 0 N–H and O–H groups in total. The lowest BCUT2D eigenvalue weighted by Crippen LogP contribution is -2.37. The number of likely N-dealkylation sites (N-methyl/N-ethyl adjacent to an activating group) is 1. The topological polar surface area (TPSA) is 111 Å². The Bertz CT molecular complexity index is 1370. The van der Waals surface area contributed by atoms with Crippen LogP contribution in [0.25, 0.3) is 0 Å². The summed E-state index contributed by atoms with van der Waals surface area (Å²) in [6.45, 7) is 3.73. The fourth-order valence-electron chi connectivity index (χ4n) is 4.01. The first kappa shape index (κ1) is 50.1. The molecule has 0 aliphatic rings. The van der Waals surface area contributed by atoms with Gasteiger partial charge < -0.3 is 27.9 Å². The minimum absolute atomic E-state index is 0.0615. The monoisotopic (exact) mass is 767 g/mol. The molecule has 54 heavy (non-hydrogen) atoms. The molecule has 10 heteroatoms. The fourth-order valence-corrected chi connectivity index (χ4v) is 4.74. The van der Waals surface area contributed by atoms with Gasteiger partial charge in [0.15, 0.2) is 6.10 Å². The van der Waals surface area contributed by atoms with E-state index in [4.69, 9.17) is 18.5 Å². The second-order valence-corrected chi connectivity index (χ2v) is 14.5. The second kappa shape index (κ2) is 34.9. The van der Waals surface area contributed by atoms with Crippen LogP contribution in [0.15, 0.2) is 134 Å². The van der Waals surface area contributed by atoms with Crippen LogP contribution in [-0.4, -0.2) is 70.0 Å². The molecule has 0 aliphatic heterocycles. The molecule has 0 amide bonds. The summed E-state index contributed by atoms with van der Waals surface area (Å²) < 4.78 is 33.6. The van der Waals surface area contributed by atoms with Gasteiger partial charge in [0, 0.05) is 12.8 Å². The highest BCUT2D eigenvalue weighted by Gasteiger charge is 2.21. The molecule has 0 heterocycles. The molecule has 0 rings (SSSR count). The van der Waals surface area contributed by atoms with Gasteiger partial charge in [-0.15, -0.1) is 0 Å². The van der Waals surface area contributed by atoms with Crippen molar-refractivity contribution >= 4 is 19.8 Å². The number of unbranched alkanes of at least 4 members (excludes halogenated alkanes) is 4. The Morgan fingerprint density at radius 1 is 0.574 bits per heavy atom. The molecule has 0 saturated heterocycles. The molecule has 2 unspecified atom stereocenters. The number of hydrogen-bond donors (Lipinski definition) is 0. The Hall–Kier alpha value is -3.85. The van der Waals surface area contributed by atoms with Crippen molar-refractivity contribution in [2.24, 2.45) is 0 Å². The van der Waals surface area contributed by atoms with Crippen molar-refractivity contribution in [1.29, 1.82) is 0 Å². The second-order valence-electron chi connectivity index (χ2n) is 13.1. The molecule has 0 bridgehead atoms. The minimum Gasteiger partial charge on any atom is -0.756 e. The van der Waals surface area contributed by atoms with Crippen LogP contribution in [0.4, 0.5) is 0 Å². The number of phosphoric acid groups is 1. The third-order valence-electron chi connectivity index (χ3n) is 6.96. The quantitative estimate of drug-likeness (QED) is 0.0226. The molecular formula is C44H66NO8P. The summed E-state index contributed by atoms with van der Waals surface area (Å²) in [6, 6.07) is 0. The number of quaternary nitrogens is 1. The van der Waals surface area contributed by atoms with E-state index in [1.54, 1.807) is 0 Å². The maximum absolute atomic E-state index is 12.6. The summed E-state index contributed by atoms with van der Waals surface area (Å²) in [4.78, 5) is 37.3. The van der Waals surface area contributed by atoms with E-state index in [1.807, 2.05) is 137 Å². The van der Waals surface area contributed by atoms with E-state index in [0.29, 0.717) is 30.3 Å².